The highest BCUT2D eigenvalue weighted by Crippen LogP contribution is 2.38. The van der Waals surface area contributed by atoms with E-state index >= 15 is 0 Å². The van der Waals surface area contributed by atoms with Crippen LogP contribution < -0.4 is 11.1 Å². The summed E-state index contributed by atoms with van der Waals surface area (Å²) < 4.78 is 0. The summed E-state index contributed by atoms with van der Waals surface area (Å²) in [5, 5.41) is 11.4. The molecule has 1 fully saturated rings. The highest BCUT2D eigenvalue weighted by atomic mass is 16.4. The van der Waals surface area contributed by atoms with Crippen LogP contribution in [0.2, 0.25) is 0 Å². The lowest BCUT2D eigenvalue weighted by Crippen LogP contribution is -2.46. The molecular formula is C13H24N2O3. The van der Waals surface area contributed by atoms with E-state index in [-0.39, 0.29) is 17.7 Å². The van der Waals surface area contributed by atoms with Crippen molar-refractivity contribution in [3.05, 3.63) is 0 Å². The summed E-state index contributed by atoms with van der Waals surface area (Å²) >= 11 is 0. The van der Waals surface area contributed by atoms with Gasteiger partial charge in [-0.15, -0.1) is 0 Å². The second-order valence-corrected chi connectivity index (χ2v) is 5.89. The molecule has 0 spiro atoms. The summed E-state index contributed by atoms with van der Waals surface area (Å²) in [5.41, 5.74) is 5.56. The van der Waals surface area contributed by atoms with Crippen molar-refractivity contribution in [2.24, 2.45) is 17.1 Å². The molecule has 5 heteroatoms. The Hall–Kier alpha value is -1.10. The highest BCUT2D eigenvalue weighted by molar-refractivity contribution is 5.85. The number of carboxylic acids is 1. The van der Waals surface area contributed by atoms with Gasteiger partial charge in [-0.25, -0.2) is 0 Å². The van der Waals surface area contributed by atoms with Crippen LogP contribution in [0, 0.1) is 11.3 Å². The summed E-state index contributed by atoms with van der Waals surface area (Å²) in [6, 6.07) is -0.957. The number of carbonyl (C=O) groups is 2. The molecule has 0 aliphatic heterocycles. The monoisotopic (exact) mass is 256 g/mol. The highest BCUT2D eigenvalue weighted by Gasteiger charge is 2.32. The van der Waals surface area contributed by atoms with E-state index in [2.05, 4.69) is 19.2 Å². The third-order valence-corrected chi connectivity index (χ3v) is 3.91. The maximum atomic E-state index is 11.6. The number of nitrogens with one attached hydrogen (secondary N) is 1. The van der Waals surface area contributed by atoms with Gasteiger partial charge in [-0.05, 0) is 24.2 Å². The summed E-state index contributed by atoms with van der Waals surface area (Å²) in [6.07, 6.45) is 4.63. The number of nitrogens with two attached hydrogens (primary N) is 1. The van der Waals surface area contributed by atoms with E-state index in [1.165, 1.54) is 25.7 Å². The van der Waals surface area contributed by atoms with E-state index in [4.69, 9.17) is 10.8 Å². The van der Waals surface area contributed by atoms with Gasteiger partial charge in [-0.2, -0.15) is 0 Å². The summed E-state index contributed by atoms with van der Waals surface area (Å²) in [4.78, 5) is 22.1. The van der Waals surface area contributed by atoms with Gasteiger partial charge < -0.3 is 16.2 Å². The average Bonchev–Trinajstić information content (AvgIpc) is 2.78. The Bertz CT molecular complexity index is 309. The van der Waals surface area contributed by atoms with Crippen molar-refractivity contribution in [3.8, 4) is 0 Å². The van der Waals surface area contributed by atoms with Crippen molar-refractivity contribution >= 4 is 11.9 Å². The molecule has 0 aromatic carbocycles. The van der Waals surface area contributed by atoms with Crippen molar-refractivity contribution in [3.63, 3.8) is 0 Å². The summed E-state index contributed by atoms with van der Waals surface area (Å²) in [5.74, 6) is -0.787. The van der Waals surface area contributed by atoms with Crippen LogP contribution in [0.15, 0.2) is 0 Å². The first-order chi connectivity index (χ1) is 8.33. The van der Waals surface area contributed by atoms with Gasteiger partial charge in [-0.1, -0.05) is 26.7 Å². The van der Waals surface area contributed by atoms with Gasteiger partial charge in [0.25, 0.3) is 0 Å². The SMILES string of the molecule is CC(C)(CNC(=O)C(N)CC(=O)O)C1CCCC1. The van der Waals surface area contributed by atoms with Crippen LogP contribution in [0.1, 0.15) is 46.0 Å². The first-order valence-corrected chi connectivity index (χ1v) is 6.58. The molecule has 1 aliphatic rings. The molecule has 4 N–H and O–H groups in total. The molecule has 0 heterocycles. The number of aliphatic carboxylic acids is 1. The molecule has 1 saturated carbocycles. The zero-order chi connectivity index (χ0) is 13.8. The number of carbonyl (C=O) groups excluding carboxylic acids is 1. The maximum absolute atomic E-state index is 11.6. The standard InChI is InChI=1S/C13H24N2O3/c1-13(2,9-5-3-4-6-9)8-15-12(18)10(14)7-11(16)17/h9-10H,3-8,14H2,1-2H3,(H,15,18)(H,16,17). The Labute approximate surface area is 108 Å². The van der Waals surface area contributed by atoms with Crippen molar-refractivity contribution in [2.45, 2.75) is 52.0 Å². The maximum Gasteiger partial charge on any atom is 0.305 e. The molecule has 1 atom stereocenters. The minimum Gasteiger partial charge on any atom is -0.481 e. The molecule has 18 heavy (non-hydrogen) atoms. The van der Waals surface area contributed by atoms with Crippen LogP contribution in [0.5, 0.6) is 0 Å². The molecule has 104 valence electrons. The van der Waals surface area contributed by atoms with Gasteiger partial charge in [0.1, 0.15) is 0 Å². The molecule has 0 saturated heterocycles. The van der Waals surface area contributed by atoms with Gasteiger partial charge >= 0.3 is 5.97 Å². The van der Waals surface area contributed by atoms with E-state index in [1.54, 1.807) is 0 Å². The molecule has 0 bridgehead atoms. The second kappa shape index (κ2) is 6.18. The fourth-order valence-corrected chi connectivity index (χ4v) is 2.58. The topological polar surface area (TPSA) is 92.4 Å². The van der Waals surface area contributed by atoms with Gasteiger partial charge in [0.15, 0.2) is 0 Å². The fraction of sp³-hybridized carbons (Fsp3) is 0.846. The average molecular weight is 256 g/mol. The Morgan fingerprint density at radius 2 is 1.94 bits per heavy atom. The van der Waals surface area contributed by atoms with Crippen molar-refractivity contribution in [2.75, 3.05) is 6.54 Å². The quantitative estimate of drug-likeness (QED) is 0.664. The Balaban J connectivity index is 2.38. The van der Waals surface area contributed by atoms with Gasteiger partial charge in [0, 0.05) is 6.54 Å². The Morgan fingerprint density at radius 1 is 1.39 bits per heavy atom. The molecule has 1 amide bonds. The second-order valence-electron chi connectivity index (χ2n) is 5.89. The lowest BCUT2D eigenvalue weighted by Gasteiger charge is -2.32. The van der Waals surface area contributed by atoms with Crippen LogP contribution in [-0.2, 0) is 9.59 Å². The predicted octanol–water partition coefficient (Wildman–Crippen LogP) is 1.12. The van der Waals surface area contributed by atoms with Crippen molar-refractivity contribution in [1.82, 2.24) is 5.32 Å². The smallest absolute Gasteiger partial charge is 0.305 e. The van der Waals surface area contributed by atoms with Crippen LogP contribution in [-0.4, -0.2) is 29.6 Å². The third-order valence-electron chi connectivity index (χ3n) is 3.91. The van der Waals surface area contributed by atoms with Crippen LogP contribution in [0.4, 0.5) is 0 Å². The van der Waals surface area contributed by atoms with E-state index in [9.17, 15) is 9.59 Å². The first kappa shape index (κ1) is 15.0. The number of rotatable bonds is 6. The third kappa shape index (κ3) is 4.29. The predicted molar refractivity (Wildman–Crippen MR) is 69.0 cm³/mol. The van der Waals surface area contributed by atoms with E-state index in [1.807, 2.05) is 0 Å². The number of amides is 1. The zero-order valence-electron chi connectivity index (χ0n) is 11.2. The van der Waals surface area contributed by atoms with Gasteiger partial charge in [-0.3, -0.25) is 9.59 Å². The van der Waals surface area contributed by atoms with Crippen LogP contribution in [0.25, 0.3) is 0 Å². The molecule has 0 radical (unpaired) electrons. The van der Waals surface area contributed by atoms with Crippen LogP contribution >= 0.6 is 0 Å². The van der Waals surface area contributed by atoms with E-state index < -0.39 is 12.0 Å². The van der Waals surface area contributed by atoms with E-state index in [0.717, 1.165) is 0 Å². The molecule has 1 aliphatic carbocycles. The van der Waals surface area contributed by atoms with E-state index in [0.29, 0.717) is 12.5 Å². The minimum atomic E-state index is -1.05. The Kier molecular flexibility index (Phi) is 5.14. The first-order valence-electron chi connectivity index (χ1n) is 6.58. The normalized spacial score (nSPS) is 18.6. The largest absolute Gasteiger partial charge is 0.481 e. The van der Waals surface area contributed by atoms with Gasteiger partial charge in [0.05, 0.1) is 12.5 Å². The fourth-order valence-electron chi connectivity index (χ4n) is 2.58. The molecule has 0 aromatic heterocycles. The van der Waals surface area contributed by atoms with Crippen molar-refractivity contribution in [1.29, 1.82) is 0 Å². The Morgan fingerprint density at radius 3 is 2.44 bits per heavy atom. The number of hydrogen-bond donors (Lipinski definition) is 3. The molecule has 0 aromatic rings. The zero-order valence-corrected chi connectivity index (χ0v) is 11.2. The number of hydrogen-bond acceptors (Lipinski definition) is 3. The lowest BCUT2D eigenvalue weighted by atomic mass is 9.77. The minimum absolute atomic E-state index is 0.0507. The lowest BCUT2D eigenvalue weighted by molar-refractivity contribution is -0.139. The molecule has 5 nitrogen and oxygen atoms in total. The molecule has 1 unspecified atom stereocenters. The molecular weight excluding hydrogens is 232 g/mol. The van der Waals surface area contributed by atoms with Crippen molar-refractivity contribution < 1.29 is 14.7 Å². The van der Waals surface area contributed by atoms with Gasteiger partial charge in [0.2, 0.25) is 5.91 Å². The summed E-state index contributed by atoms with van der Waals surface area (Å²) in [7, 11) is 0. The molecule has 1 rings (SSSR count). The summed E-state index contributed by atoms with van der Waals surface area (Å²) in [6.45, 7) is 4.85. The number of carboxylic acid groups (broad SMARTS) is 1. The van der Waals surface area contributed by atoms with Crippen LogP contribution in [0.3, 0.4) is 0 Å².